The van der Waals surface area contributed by atoms with E-state index in [1.165, 1.54) is 0 Å². The third kappa shape index (κ3) is 5.66. The number of phenols is 1. The molecule has 1 aliphatic heterocycles. The summed E-state index contributed by atoms with van der Waals surface area (Å²) in [6.45, 7) is 2.14. The van der Waals surface area contributed by atoms with Crippen LogP contribution in [0.2, 0.25) is 0 Å². The Morgan fingerprint density at radius 1 is 1.00 bits per heavy atom. The second kappa shape index (κ2) is 10.4. The van der Waals surface area contributed by atoms with Crippen molar-refractivity contribution in [3.8, 4) is 5.75 Å². The number of amides is 1. The number of pyridine rings is 1. The second-order valence-corrected chi connectivity index (χ2v) is 8.78. The van der Waals surface area contributed by atoms with Gasteiger partial charge in [-0.2, -0.15) is 0 Å². The average Bonchev–Trinajstić information content (AvgIpc) is 2.90. The minimum absolute atomic E-state index is 0.0161. The van der Waals surface area contributed by atoms with Gasteiger partial charge < -0.3 is 20.6 Å². The second-order valence-electron chi connectivity index (χ2n) is 8.78. The van der Waals surface area contributed by atoms with E-state index < -0.39 is 0 Å². The summed E-state index contributed by atoms with van der Waals surface area (Å²) in [5, 5.41) is 25.5. The SMILES string of the molecule is O=C(NCCc1ccc(O)cc1)C1CCN(c2ccc(Nc3ccc4ncccc4c3)nn2)CC1. The lowest BCUT2D eigenvalue weighted by Crippen LogP contribution is -2.41. The first kappa shape index (κ1) is 22.6. The predicted octanol–water partition coefficient (Wildman–Crippen LogP) is 4.05. The van der Waals surface area contributed by atoms with Crippen LogP contribution in [0.4, 0.5) is 17.3 Å². The molecule has 0 bridgehead atoms. The fraction of sp³-hybridized carbons (Fsp3) is 0.259. The Bertz CT molecular complexity index is 1290. The number of aromatic hydroxyl groups is 1. The molecule has 3 heterocycles. The zero-order valence-corrected chi connectivity index (χ0v) is 19.4. The average molecular weight is 469 g/mol. The summed E-state index contributed by atoms with van der Waals surface area (Å²) in [6.07, 6.45) is 4.11. The van der Waals surface area contributed by atoms with Crippen molar-refractivity contribution in [3.05, 3.63) is 78.5 Å². The van der Waals surface area contributed by atoms with Gasteiger partial charge in [-0.25, -0.2) is 0 Å². The number of anilines is 3. The van der Waals surface area contributed by atoms with Gasteiger partial charge in [0.25, 0.3) is 0 Å². The quantitative estimate of drug-likeness (QED) is 0.376. The van der Waals surface area contributed by atoms with Crippen LogP contribution in [0.1, 0.15) is 18.4 Å². The number of aromatic nitrogens is 3. The standard InChI is InChI=1S/C27H28N6O2/c34-23-6-3-19(4-7-23)11-15-29-27(35)20-12-16-33(17-13-20)26-10-9-25(31-32-26)30-22-5-8-24-21(18-22)2-1-14-28-24/h1-10,14,18,20,34H,11-13,15-17H2,(H,29,35)(H,30,31). The Morgan fingerprint density at radius 3 is 2.60 bits per heavy atom. The Balaban J connectivity index is 1.09. The molecule has 2 aromatic heterocycles. The lowest BCUT2D eigenvalue weighted by Gasteiger charge is -2.31. The molecular weight excluding hydrogens is 440 g/mol. The molecule has 0 aliphatic carbocycles. The Hall–Kier alpha value is -4.20. The van der Waals surface area contributed by atoms with Gasteiger partial charge in [-0.05, 0) is 73.4 Å². The largest absolute Gasteiger partial charge is 0.508 e. The van der Waals surface area contributed by atoms with E-state index in [0.29, 0.717) is 12.4 Å². The molecule has 3 N–H and O–H groups in total. The third-order valence-corrected chi connectivity index (χ3v) is 6.36. The molecule has 0 atom stereocenters. The molecule has 0 unspecified atom stereocenters. The van der Waals surface area contributed by atoms with E-state index in [-0.39, 0.29) is 17.6 Å². The molecule has 1 fully saturated rings. The molecule has 8 heteroatoms. The van der Waals surface area contributed by atoms with Gasteiger partial charge in [0.1, 0.15) is 5.75 Å². The van der Waals surface area contributed by atoms with Gasteiger partial charge in [0, 0.05) is 42.8 Å². The monoisotopic (exact) mass is 468 g/mol. The third-order valence-electron chi connectivity index (χ3n) is 6.36. The maximum atomic E-state index is 12.6. The molecule has 4 aromatic rings. The Morgan fingerprint density at radius 2 is 1.83 bits per heavy atom. The van der Waals surface area contributed by atoms with Gasteiger partial charge in [-0.3, -0.25) is 9.78 Å². The van der Waals surface area contributed by atoms with Crippen LogP contribution in [-0.2, 0) is 11.2 Å². The summed E-state index contributed by atoms with van der Waals surface area (Å²) in [5.41, 5.74) is 2.98. The zero-order valence-electron chi connectivity index (χ0n) is 19.4. The molecule has 1 saturated heterocycles. The van der Waals surface area contributed by atoms with E-state index in [1.807, 2.05) is 54.6 Å². The van der Waals surface area contributed by atoms with Crippen LogP contribution < -0.4 is 15.5 Å². The number of hydrogen-bond donors (Lipinski definition) is 3. The van der Waals surface area contributed by atoms with Crippen molar-refractivity contribution in [2.45, 2.75) is 19.3 Å². The number of fused-ring (bicyclic) bond motifs is 1. The van der Waals surface area contributed by atoms with Crippen molar-refractivity contribution < 1.29 is 9.90 Å². The van der Waals surface area contributed by atoms with Crippen molar-refractivity contribution in [2.24, 2.45) is 5.92 Å². The van der Waals surface area contributed by atoms with Crippen molar-refractivity contribution in [3.63, 3.8) is 0 Å². The van der Waals surface area contributed by atoms with E-state index in [2.05, 4.69) is 30.7 Å². The fourth-order valence-corrected chi connectivity index (χ4v) is 4.37. The predicted molar refractivity (Wildman–Crippen MR) is 137 cm³/mol. The van der Waals surface area contributed by atoms with E-state index in [1.54, 1.807) is 18.3 Å². The maximum Gasteiger partial charge on any atom is 0.223 e. The van der Waals surface area contributed by atoms with Crippen LogP contribution >= 0.6 is 0 Å². The number of phenolic OH excluding ortho intramolecular Hbond substituents is 1. The first-order valence-corrected chi connectivity index (χ1v) is 11.9. The summed E-state index contributed by atoms with van der Waals surface area (Å²) in [4.78, 5) is 19.1. The van der Waals surface area contributed by atoms with Gasteiger partial charge in [0.05, 0.1) is 5.52 Å². The molecule has 0 saturated carbocycles. The van der Waals surface area contributed by atoms with Crippen LogP contribution in [0.15, 0.2) is 72.9 Å². The van der Waals surface area contributed by atoms with Gasteiger partial charge in [-0.1, -0.05) is 18.2 Å². The number of nitrogens with one attached hydrogen (secondary N) is 2. The molecule has 8 nitrogen and oxygen atoms in total. The number of benzene rings is 2. The van der Waals surface area contributed by atoms with E-state index in [4.69, 9.17) is 0 Å². The van der Waals surface area contributed by atoms with Crippen LogP contribution in [0, 0.1) is 5.92 Å². The first-order chi connectivity index (χ1) is 17.1. The topological polar surface area (TPSA) is 103 Å². The highest BCUT2D eigenvalue weighted by atomic mass is 16.3. The summed E-state index contributed by atoms with van der Waals surface area (Å²) in [7, 11) is 0. The van der Waals surface area contributed by atoms with Gasteiger partial charge in [0.15, 0.2) is 11.6 Å². The van der Waals surface area contributed by atoms with Crippen LogP contribution in [0.25, 0.3) is 10.9 Å². The normalized spacial score (nSPS) is 14.1. The van der Waals surface area contributed by atoms with E-state index in [0.717, 1.165) is 60.3 Å². The molecule has 0 radical (unpaired) electrons. The molecule has 5 rings (SSSR count). The summed E-state index contributed by atoms with van der Waals surface area (Å²) in [5.74, 6) is 1.88. The lowest BCUT2D eigenvalue weighted by molar-refractivity contribution is -0.125. The number of rotatable bonds is 7. The number of nitrogens with zero attached hydrogens (tertiary/aromatic N) is 4. The van der Waals surface area contributed by atoms with Gasteiger partial charge in [0.2, 0.25) is 5.91 Å². The lowest BCUT2D eigenvalue weighted by atomic mass is 9.96. The number of piperidine rings is 1. The minimum atomic E-state index is 0.0161. The number of hydrogen-bond acceptors (Lipinski definition) is 7. The first-order valence-electron chi connectivity index (χ1n) is 11.9. The zero-order chi connectivity index (χ0) is 24.0. The summed E-state index contributed by atoms with van der Waals surface area (Å²) >= 11 is 0. The number of carbonyl (C=O) groups is 1. The van der Waals surface area contributed by atoms with Crippen LogP contribution in [0.3, 0.4) is 0 Å². The van der Waals surface area contributed by atoms with Crippen molar-refractivity contribution in [1.82, 2.24) is 20.5 Å². The Labute approximate surface area is 204 Å². The van der Waals surface area contributed by atoms with Crippen molar-refractivity contribution in [1.29, 1.82) is 0 Å². The highest BCUT2D eigenvalue weighted by molar-refractivity contribution is 5.83. The van der Waals surface area contributed by atoms with Gasteiger partial charge >= 0.3 is 0 Å². The molecule has 1 aliphatic rings. The highest BCUT2D eigenvalue weighted by Gasteiger charge is 2.25. The van der Waals surface area contributed by atoms with E-state index >= 15 is 0 Å². The highest BCUT2D eigenvalue weighted by Crippen LogP contribution is 2.24. The molecule has 2 aromatic carbocycles. The summed E-state index contributed by atoms with van der Waals surface area (Å²) < 4.78 is 0. The minimum Gasteiger partial charge on any atom is -0.508 e. The molecule has 0 spiro atoms. The van der Waals surface area contributed by atoms with E-state index in [9.17, 15) is 9.90 Å². The molecule has 1 amide bonds. The Kier molecular flexibility index (Phi) is 6.70. The van der Waals surface area contributed by atoms with Gasteiger partial charge in [-0.15, -0.1) is 10.2 Å². The molecule has 178 valence electrons. The van der Waals surface area contributed by atoms with Crippen LogP contribution in [-0.4, -0.2) is 45.8 Å². The maximum absolute atomic E-state index is 12.6. The molecular formula is C27H28N6O2. The molecule has 35 heavy (non-hydrogen) atoms. The van der Waals surface area contributed by atoms with Crippen molar-refractivity contribution in [2.75, 3.05) is 29.9 Å². The van der Waals surface area contributed by atoms with Crippen molar-refractivity contribution >= 4 is 34.1 Å². The van der Waals surface area contributed by atoms with Crippen LogP contribution in [0.5, 0.6) is 5.75 Å². The summed E-state index contributed by atoms with van der Waals surface area (Å²) in [6, 6.07) is 20.9. The smallest absolute Gasteiger partial charge is 0.223 e. The number of carbonyl (C=O) groups excluding carboxylic acids is 1. The fourth-order valence-electron chi connectivity index (χ4n) is 4.37.